The standard InChI is InChI=1S/C23H29N3O4/c1-3-30-20-9-7-17(16-21(20)29-2)8-10-22(27)26-14-11-18(12-15-26)25-23(28)19-6-4-5-13-24-19/h4-7,9,13,16,18H,3,8,10-12,14-15H2,1-2H3,(H,25,28). The maximum Gasteiger partial charge on any atom is 0.270 e. The highest BCUT2D eigenvalue weighted by molar-refractivity contribution is 5.92. The van der Waals surface area contributed by atoms with Crippen molar-refractivity contribution < 1.29 is 19.1 Å². The summed E-state index contributed by atoms with van der Waals surface area (Å²) >= 11 is 0. The molecule has 0 unspecified atom stereocenters. The first-order valence-corrected chi connectivity index (χ1v) is 10.4. The normalized spacial score (nSPS) is 14.3. The molecule has 0 radical (unpaired) electrons. The van der Waals surface area contributed by atoms with Crippen LogP contribution in [0.25, 0.3) is 0 Å². The summed E-state index contributed by atoms with van der Waals surface area (Å²) in [5, 5.41) is 3.02. The first-order chi connectivity index (χ1) is 14.6. The van der Waals surface area contributed by atoms with Gasteiger partial charge in [-0.3, -0.25) is 14.6 Å². The number of aromatic nitrogens is 1. The highest BCUT2D eigenvalue weighted by Gasteiger charge is 2.24. The van der Waals surface area contributed by atoms with Crippen LogP contribution < -0.4 is 14.8 Å². The van der Waals surface area contributed by atoms with Crippen molar-refractivity contribution >= 4 is 11.8 Å². The molecular formula is C23H29N3O4. The summed E-state index contributed by atoms with van der Waals surface area (Å²) < 4.78 is 10.9. The Hall–Kier alpha value is -3.09. The summed E-state index contributed by atoms with van der Waals surface area (Å²) in [4.78, 5) is 30.8. The van der Waals surface area contributed by atoms with Gasteiger partial charge >= 0.3 is 0 Å². The second kappa shape index (κ2) is 10.6. The number of hydrogen-bond donors (Lipinski definition) is 1. The lowest BCUT2D eigenvalue weighted by molar-refractivity contribution is -0.132. The van der Waals surface area contributed by atoms with E-state index in [-0.39, 0.29) is 17.9 Å². The quantitative estimate of drug-likeness (QED) is 0.722. The molecule has 0 atom stereocenters. The second-order valence-corrected chi connectivity index (χ2v) is 7.26. The number of aryl methyl sites for hydroxylation is 1. The van der Waals surface area contributed by atoms with Gasteiger partial charge < -0.3 is 19.7 Å². The lowest BCUT2D eigenvalue weighted by Crippen LogP contribution is -2.46. The highest BCUT2D eigenvalue weighted by Crippen LogP contribution is 2.28. The van der Waals surface area contributed by atoms with Crippen molar-refractivity contribution in [1.82, 2.24) is 15.2 Å². The van der Waals surface area contributed by atoms with Gasteiger partial charge in [-0.1, -0.05) is 12.1 Å². The molecule has 0 aliphatic carbocycles. The summed E-state index contributed by atoms with van der Waals surface area (Å²) in [6.45, 7) is 3.81. The van der Waals surface area contributed by atoms with Crippen LogP contribution in [-0.2, 0) is 11.2 Å². The van der Waals surface area contributed by atoms with Gasteiger partial charge in [0.25, 0.3) is 5.91 Å². The van der Waals surface area contributed by atoms with E-state index in [0.29, 0.717) is 49.7 Å². The fraction of sp³-hybridized carbons (Fsp3) is 0.435. The molecule has 1 fully saturated rings. The van der Waals surface area contributed by atoms with Crippen LogP contribution in [0.1, 0.15) is 42.2 Å². The Morgan fingerprint density at radius 2 is 1.97 bits per heavy atom. The molecule has 30 heavy (non-hydrogen) atoms. The third-order valence-corrected chi connectivity index (χ3v) is 5.24. The molecule has 2 amide bonds. The zero-order valence-corrected chi connectivity index (χ0v) is 17.6. The average Bonchev–Trinajstić information content (AvgIpc) is 2.79. The molecule has 1 aromatic heterocycles. The van der Waals surface area contributed by atoms with Gasteiger partial charge in [0.05, 0.1) is 13.7 Å². The molecular weight excluding hydrogens is 382 g/mol. The fourth-order valence-corrected chi connectivity index (χ4v) is 3.58. The third-order valence-electron chi connectivity index (χ3n) is 5.24. The van der Waals surface area contributed by atoms with E-state index in [2.05, 4.69) is 10.3 Å². The maximum absolute atomic E-state index is 12.6. The molecule has 1 aliphatic rings. The number of piperidine rings is 1. The van der Waals surface area contributed by atoms with Crippen molar-refractivity contribution in [2.24, 2.45) is 0 Å². The SMILES string of the molecule is CCOc1ccc(CCC(=O)N2CCC(NC(=O)c3ccccn3)CC2)cc1OC. The number of hydrogen-bond acceptors (Lipinski definition) is 5. The van der Waals surface area contributed by atoms with Gasteiger partial charge in [0.15, 0.2) is 11.5 Å². The molecule has 1 aliphatic heterocycles. The van der Waals surface area contributed by atoms with Gasteiger partial charge in [0.2, 0.25) is 5.91 Å². The molecule has 7 heteroatoms. The number of pyridine rings is 1. The minimum Gasteiger partial charge on any atom is -0.493 e. The Kier molecular flexibility index (Phi) is 7.65. The van der Waals surface area contributed by atoms with Crippen molar-refractivity contribution in [2.45, 2.75) is 38.6 Å². The Bertz CT molecular complexity index is 849. The van der Waals surface area contributed by atoms with Crippen LogP contribution in [-0.4, -0.2) is 54.5 Å². The van der Waals surface area contributed by atoms with E-state index in [0.717, 1.165) is 18.4 Å². The Balaban J connectivity index is 1.45. The lowest BCUT2D eigenvalue weighted by atomic mass is 10.0. The monoisotopic (exact) mass is 411 g/mol. The number of amides is 2. The van der Waals surface area contributed by atoms with Crippen LogP contribution in [0.2, 0.25) is 0 Å². The van der Waals surface area contributed by atoms with Gasteiger partial charge in [0, 0.05) is 31.7 Å². The molecule has 0 saturated carbocycles. The van der Waals surface area contributed by atoms with Crippen molar-refractivity contribution in [1.29, 1.82) is 0 Å². The number of nitrogens with one attached hydrogen (secondary N) is 1. The third kappa shape index (κ3) is 5.72. The lowest BCUT2D eigenvalue weighted by Gasteiger charge is -2.32. The van der Waals surface area contributed by atoms with Crippen molar-refractivity contribution in [3.8, 4) is 11.5 Å². The van der Waals surface area contributed by atoms with Crippen LogP contribution in [0.15, 0.2) is 42.6 Å². The van der Waals surface area contributed by atoms with Gasteiger partial charge in [-0.25, -0.2) is 0 Å². The van der Waals surface area contributed by atoms with Crippen molar-refractivity contribution in [3.05, 3.63) is 53.9 Å². The van der Waals surface area contributed by atoms with Crippen LogP contribution in [0.4, 0.5) is 0 Å². The van der Waals surface area contributed by atoms with Crippen molar-refractivity contribution in [2.75, 3.05) is 26.8 Å². The smallest absolute Gasteiger partial charge is 0.270 e. The number of likely N-dealkylation sites (tertiary alicyclic amines) is 1. The molecule has 160 valence electrons. The molecule has 2 heterocycles. The van der Waals surface area contributed by atoms with Gasteiger partial charge in [-0.05, 0) is 56.0 Å². The summed E-state index contributed by atoms with van der Waals surface area (Å²) in [6, 6.07) is 11.1. The van der Waals surface area contributed by atoms with Gasteiger partial charge in [-0.15, -0.1) is 0 Å². The van der Waals surface area contributed by atoms with Crippen LogP contribution in [0, 0.1) is 0 Å². The molecule has 1 aromatic carbocycles. The molecule has 0 spiro atoms. The van der Waals surface area contributed by atoms with E-state index in [9.17, 15) is 9.59 Å². The van der Waals surface area contributed by atoms with E-state index in [1.165, 1.54) is 0 Å². The molecule has 2 aromatic rings. The van der Waals surface area contributed by atoms with Crippen molar-refractivity contribution in [3.63, 3.8) is 0 Å². The largest absolute Gasteiger partial charge is 0.493 e. The fourth-order valence-electron chi connectivity index (χ4n) is 3.58. The number of ether oxygens (including phenoxy) is 2. The maximum atomic E-state index is 12.6. The zero-order valence-electron chi connectivity index (χ0n) is 17.6. The van der Waals surface area contributed by atoms with E-state index >= 15 is 0 Å². The zero-order chi connectivity index (χ0) is 21.3. The molecule has 7 nitrogen and oxygen atoms in total. The Morgan fingerprint density at radius 1 is 1.17 bits per heavy atom. The minimum absolute atomic E-state index is 0.0685. The number of benzene rings is 1. The second-order valence-electron chi connectivity index (χ2n) is 7.26. The van der Waals surface area contributed by atoms with Gasteiger partial charge in [0.1, 0.15) is 5.69 Å². The topological polar surface area (TPSA) is 80.8 Å². The number of rotatable bonds is 8. The molecule has 0 bridgehead atoms. The summed E-state index contributed by atoms with van der Waals surface area (Å²) in [7, 11) is 1.61. The summed E-state index contributed by atoms with van der Waals surface area (Å²) in [6.07, 6.45) is 4.21. The highest BCUT2D eigenvalue weighted by atomic mass is 16.5. The number of methoxy groups -OCH3 is 1. The average molecular weight is 412 g/mol. The Labute approximate surface area is 177 Å². The number of carbonyl (C=O) groups is 2. The van der Waals surface area contributed by atoms with Crippen LogP contribution in [0.5, 0.6) is 11.5 Å². The summed E-state index contributed by atoms with van der Waals surface area (Å²) in [5.74, 6) is 1.37. The Morgan fingerprint density at radius 3 is 2.63 bits per heavy atom. The first kappa shape index (κ1) is 21.6. The van der Waals surface area contributed by atoms with E-state index in [1.54, 1.807) is 31.5 Å². The molecule has 1 saturated heterocycles. The van der Waals surface area contributed by atoms with E-state index in [1.807, 2.05) is 30.0 Å². The predicted molar refractivity (Wildman–Crippen MR) is 114 cm³/mol. The minimum atomic E-state index is -0.162. The van der Waals surface area contributed by atoms with Gasteiger partial charge in [-0.2, -0.15) is 0 Å². The number of carbonyl (C=O) groups excluding carboxylic acids is 2. The number of nitrogens with zero attached hydrogens (tertiary/aromatic N) is 2. The van der Waals surface area contributed by atoms with E-state index < -0.39 is 0 Å². The summed E-state index contributed by atoms with van der Waals surface area (Å²) in [5.41, 5.74) is 1.46. The first-order valence-electron chi connectivity index (χ1n) is 10.4. The van der Waals surface area contributed by atoms with Crippen LogP contribution >= 0.6 is 0 Å². The van der Waals surface area contributed by atoms with E-state index in [4.69, 9.17) is 9.47 Å². The predicted octanol–water partition coefficient (Wildman–Crippen LogP) is 2.84. The molecule has 3 rings (SSSR count). The molecule has 1 N–H and O–H groups in total. The van der Waals surface area contributed by atoms with Crippen LogP contribution in [0.3, 0.4) is 0 Å².